The van der Waals surface area contributed by atoms with Gasteiger partial charge in [0.05, 0.1) is 17.5 Å². The summed E-state index contributed by atoms with van der Waals surface area (Å²) in [6.45, 7) is 6.00. The minimum atomic E-state index is -0.734. The molecule has 0 aliphatic carbocycles. The quantitative estimate of drug-likeness (QED) is 0.912. The van der Waals surface area contributed by atoms with Gasteiger partial charge in [-0.3, -0.25) is 4.68 Å². The van der Waals surface area contributed by atoms with Gasteiger partial charge in [-0.25, -0.2) is 0 Å². The summed E-state index contributed by atoms with van der Waals surface area (Å²) in [5.74, 6) is 0.717. The van der Waals surface area contributed by atoms with Crippen LogP contribution in [0.5, 0.6) is 5.75 Å². The number of ether oxygens (including phenoxy) is 1. The third kappa shape index (κ3) is 3.02. The number of hydrogen-bond acceptors (Lipinski definition) is 3. The maximum absolute atomic E-state index is 10.6. The molecule has 0 saturated heterocycles. The van der Waals surface area contributed by atoms with Crippen molar-refractivity contribution < 1.29 is 9.84 Å². The van der Waals surface area contributed by atoms with Gasteiger partial charge in [-0.1, -0.05) is 25.1 Å². The number of nitrogens with zero attached hydrogens (tertiary/aromatic N) is 2. The molecule has 0 fully saturated rings. The Balaban J connectivity index is 2.37. The van der Waals surface area contributed by atoms with E-state index in [1.165, 1.54) is 0 Å². The molecule has 0 radical (unpaired) electrons. The lowest BCUT2D eigenvalue weighted by atomic mass is 10.0. The van der Waals surface area contributed by atoms with Crippen LogP contribution >= 0.6 is 0 Å². The Morgan fingerprint density at radius 2 is 2.00 bits per heavy atom. The lowest BCUT2D eigenvalue weighted by Gasteiger charge is -2.18. The zero-order valence-corrected chi connectivity index (χ0v) is 12.5. The second-order valence-electron chi connectivity index (χ2n) is 5.14. The van der Waals surface area contributed by atoms with Crippen LogP contribution in [0.2, 0.25) is 0 Å². The fourth-order valence-corrected chi connectivity index (χ4v) is 2.20. The molecular weight excluding hydrogens is 252 g/mol. The first-order valence-corrected chi connectivity index (χ1v) is 6.99. The predicted octanol–water partition coefficient (Wildman–Crippen LogP) is 2.85. The van der Waals surface area contributed by atoms with E-state index in [9.17, 15) is 5.11 Å². The van der Waals surface area contributed by atoms with Gasteiger partial charge in [0.2, 0.25) is 0 Å². The summed E-state index contributed by atoms with van der Waals surface area (Å²) < 4.78 is 7.50. The van der Waals surface area contributed by atoms with Gasteiger partial charge in [-0.2, -0.15) is 5.10 Å². The van der Waals surface area contributed by atoms with Crippen LogP contribution in [0.3, 0.4) is 0 Å². The number of para-hydroxylation sites is 1. The Labute approximate surface area is 120 Å². The molecule has 0 amide bonds. The molecule has 0 spiro atoms. The number of aliphatic hydroxyl groups is 1. The highest BCUT2D eigenvalue weighted by molar-refractivity contribution is 5.39. The number of aromatic nitrogens is 2. The summed E-state index contributed by atoms with van der Waals surface area (Å²) in [5, 5.41) is 15.0. The highest BCUT2D eigenvalue weighted by Crippen LogP contribution is 2.30. The van der Waals surface area contributed by atoms with E-state index in [1.54, 1.807) is 4.68 Å². The molecule has 0 aliphatic rings. The fourth-order valence-electron chi connectivity index (χ4n) is 2.20. The van der Waals surface area contributed by atoms with Crippen molar-refractivity contribution in [2.45, 2.75) is 39.4 Å². The average Bonchev–Trinajstić information content (AvgIpc) is 2.79. The smallest absolute Gasteiger partial charge is 0.125 e. The van der Waals surface area contributed by atoms with Gasteiger partial charge in [0, 0.05) is 12.6 Å². The molecule has 20 heavy (non-hydrogen) atoms. The summed E-state index contributed by atoms with van der Waals surface area (Å²) in [7, 11) is 1.85. The van der Waals surface area contributed by atoms with Crippen molar-refractivity contribution in [1.29, 1.82) is 0 Å². The highest BCUT2D eigenvalue weighted by atomic mass is 16.5. The van der Waals surface area contributed by atoms with Crippen molar-refractivity contribution in [2.24, 2.45) is 7.05 Å². The molecule has 0 bridgehead atoms. The summed E-state index contributed by atoms with van der Waals surface area (Å²) in [5.41, 5.74) is 2.53. The van der Waals surface area contributed by atoms with Gasteiger partial charge in [-0.15, -0.1) is 0 Å². The number of aryl methyl sites for hydroxylation is 2. The van der Waals surface area contributed by atoms with E-state index in [4.69, 9.17) is 4.74 Å². The normalized spacial score (nSPS) is 12.7. The van der Waals surface area contributed by atoms with Crippen LogP contribution in [0.15, 0.2) is 30.3 Å². The zero-order chi connectivity index (χ0) is 14.7. The van der Waals surface area contributed by atoms with E-state index in [0.29, 0.717) is 5.75 Å². The van der Waals surface area contributed by atoms with Gasteiger partial charge in [0.25, 0.3) is 0 Å². The third-order valence-electron chi connectivity index (χ3n) is 3.19. The van der Waals surface area contributed by atoms with Gasteiger partial charge in [0.1, 0.15) is 11.9 Å². The number of hydrogen-bond donors (Lipinski definition) is 1. The van der Waals surface area contributed by atoms with Crippen LogP contribution in [0.4, 0.5) is 0 Å². The van der Waals surface area contributed by atoms with Crippen molar-refractivity contribution in [3.8, 4) is 5.75 Å². The summed E-state index contributed by atoms with van der Waals surface area (Å²) in [6.07, 6.45) is 0.189. The number of benzene rings is 1. The van der Waals surface area contributed by atoms with Crippen molar-refractivity contribution >= 4 is 0 Å². The van der Waals surface area contributed by atoms with Gasteiger partial charge in [0.15, 0.2) is 0 Å². The third-order valence-corrected chi connectivity index (χ3v) is 3.19. The van der Waals surface area contributed by atoms with Crippen LogP contribution < -0.4 is 4.74 Å². The molecule has 0 aliphatic heterocycles. The van der Waals surface area contributed by atoms with E-state index >= 15 is 0 Å². The highest BCUT2D eigenvalue weighted by Gasteiger charge is 2.19. The standard InChI is InChI=1S/C16H22N2O2/c1-5-12-10-14(18(4)17-12)16(19)13-8-6-7-9-15(13)20-11(2)3/h6-11,16,19H,5H2,1-4H3. The minimum absolute atomic E-state index is 0.0705. The van der Waals surface area contributed by atoms with E-state index in [-0.39, 0.29) is 6.10 Å². The van der Waals surface area contributed by atoms with Crippen LogP contribution in [0.1, 0.15) is 43.8 Å². The molecule has 0 saturated carbocycles. The topological polar surface area (TPSA) is 47.3 Å². The first-order valence-electron chi connectivity index (χ1n) is 6.99. The molecule has 4 nitrogen and oxygen atoms in total. The maximum Gasteiger partial charge on any atom is 0.125 e. The fraction of sp³-hybridized carbons (Fsp3) is 0.438. The second kappa shape index (κ2) is 6.09. The molecule has 2 rings (SSSR count). The van der Waals surface area contributed by atoms with Crippen molar-refractivity contribution in [2.75, 3.05) is 0 Å². The molecule has 108 valence electrons. The lowest BCUT2D eigenvalue weighted by molar-refractivity contribution is 0.191. The Bertz CT molecular complexity index is 576. The Morgan fingerprint density at radius 1 is 1.30 bits per heavy atom. The molecule has 4 heteroatoms. The van der Waals surface area contributed by atoms with Crippen LogP contribution in [-0.2, 0) is 13.5 Å². The van der Waals surface area contributed by atoms with Gasteiger partial charge >= 0.3 is 0 Å². The van der Waals surface area contributed by atoms with Crippen molar-refractivity contribution in [3.63, 3.8) is 0 Å². The molecular formula is C16H22N2O2. The summed E-state index contributed by atoms with van der Waals surface area (Å²) in [4.78, 5) is 0. The molecule has 1 N–H and O–H groups in total. The van der Waals surface area contributed by atoms with E-state index < -0.39 is 6.10 Å². The van der Waals surface area contributed by atoms with Crippen LogP contribution in [0, 0.1) is 0 Å². The first-order chi connectivity index (χ1) is 9.52. The average molecular weight is 274 g/mol. The molecule has 1 unspecified atom stereocenters. The number of rotatable bonds is 5. The van der Waals surface area contributed by atoms with Gasteiger partial charge in [-0.05, 0) is 32.4 Å². The molecule has 1 aromatic heterocycles. The molecule has 1 atom stereocenters. The predicted molar refractivity (Wildman–Crippen MR) is 78.9 cm³/mol. The Morgan fingerprint density at radius 3 is 2.60 bits per heavy atom. The van der Waals surface area contributed by atoms with E-state index in [0.717, 1.165) is 23.4 Å². The largest absolute Gasteiger partial charge is 0.491 e. The van der Waals surface area contributed by atoms with Crippen LogP contribution in [0.25, 0.3) is 0 Å². The number of aliphatic hydroxyl groups excluding tert-OH is 1. The minimum Gasteiger partial charge on any atom is -0.491 e. The summed E-state index contributed by atoms with van der Waals surface area (Å²) in [6, 6.07) is 9.53. The van der Waals surface area contributed by atoms with Crippen molar-refractivity contribution in [3.05, 3.63) is 47.3 Å². The zero-order valence-electron chi connectivity index (χ0n) is 12.5. The monoisotopic (exact) mass is 274 g/mol. The Kier molecular flexibility index (Phi) is 4.45. The van der Waals surface area contributed by atoms with Crippen LogP contribution in [-0.4, -0.2) is 21.0 Å². The maximum atomic E-state index is 10.6. The van der Waals surface area contributed by atoms with E-state index in [1.807, 2.05) is 58.2 Å². The second-order valence-corrected chi connectivity index (χ2v) is 5.14. The molecule has 1 aromatic carbocycles. The van der Waals surface area contributed by atoms with Crippen molar-refractivity contribution in [1.82, 2.24) is 9.78 Å². The molecule has 1 heterocycles. The van der Waals surface area contributed by atoms with Gasteiger partial charge < -0.3 is 9.84 Å². The lowest BCUT2D eigenvalue weighted by Crippen LogP contribution is -2.11. The van der Waals surface area contributed by atoms with E-state index in [2.05, 4.69) is 5.10 Å². The SMILES string of the molecule is CCc1cc(C(O)c2ccccc2OC(C)C)n(C)n1. The summed E-state index contributed by atoms with van der Waals surface area (Å²) >= 11 is 0. The molecule has 2 aromatic rings. The Hall–Kier alpha value is -1.81. The first kappa shape index (κ1) is 14.6.